The van der Waals surface area contributed by atoms with Gasteiger partial charge >= 0.3 is 0 Å². The highest BCUT2D eigenvalue weighted by molar-refractivity contribution is 6.24. The monoisotopic (exact) mass is 405 g/mol. The van der Waals surface area contributed by atoms with Gasteiger partial charge in [0.15, 0.2) is 0 Å². The van der Waals surface area contributed by atoms with Gasteiger partial charge in [-0.1, -0.05) is 36.4 Å². The number of hydrogen-bond acceptors (Lipinski definition) is 1. The smallest absolute Gasteiger partial charge is 0.141 e. The maximum absolute atomic E-state index is 6.72. The van der Waals surface area contributed by atoms with Crippen LogP contribution in [0.5, 0.6) is 0 Å². The third kappa shape index (κ3) is 2.04. The Balaban J connectivity index is 1.57. The molecular formula is C29H27NO. The minimum Gasteiger partial charge on any atom is -0.456 e. The molecule has 0 N–H and O–H groups in total. The third-order valence-corrected chi connectivity index (χ3v) is 9.12. The van der Waals surface area contributed by atoms with Crippen LogP contribution in [-0.4, -0.2) is 4.57 Å². The first-order valence-electron chi connectivity index (χ1n) is 12.0. The molecule has 3 aromatic carbocycles. The molecular weight excluding hydrogens is 378 g/mol. The van der Waals surface area contributed by atoms with E-state index in [9.17, 15) is 0 Å². The summed E-state index contributed by atoms with van der Waals surface area (Å²) in [5.41, 5.74) is 6.66. The van der Waals surface area contributed by atoms with Gasteiger partial charge in [0.25, 0.3) is 0 Å². The quantitative estimate of drug-likeness (QED) is 0.279. The van der Waals surface area contributed by atoms with Crippen LogP contribution in [0.3, 0.4) is 0 Å². The molecule has 0 amide bonds. The summed E-state index contributed by atoms with van der Waals surface area (Å²) in [6.07, 6.45) is 8.50. The van der Waals surface area contributed by atoms with Crippen molar-refractivity contribution in [3.05, 3.63) is 60.2 Å². The average molecular weight is 406 g/mol. The van der Waals surface area contributed by atoms with Crippen LogP contribution in [0.25, 0.3) is 43.7 Å². The lowest BCUT2D eigenvalue weighted by Gasteiger charge is -2.57. The van der Waals surface area contributed by atoms with Crippen LogP contribution in [0.4, 0.5) is 0 Å². The Kier molecular flexibility index (Phi) is 3.02. The molecule has 0 unspecified atom stereocenters. The number of hydrogen-bond donors (Lipinski definition) is 0. The molecule has 4 fully saturated rings. The molecule has 0 spiro atoms. The van der Waals surface area contributed by atoms with Crippen molar-refractivity contribution in [1.29, 1.82) is 0 Å². The van der Waals surface area contributed by atoms with E-state index >= 15 is 0 Å². The SMILES string of the molecule is Cn1c2ccccc2c2cc(C34CC5CC(CC(C5)C3)C4)c3oc4ccccc4c3c21. The highest BCUT2D eigenvalue weighted by Gasteiger charge is 2.52. The van der Waals surface area contributed by atoms with Crippen molar-refractivity contribution in [2.75, 3.05) is 0 Å². The number of aromatic nitrogens is 1. The Morgan fingerprint density at radius 2 is 1.45 bits per heavy atom. The summed E-state index contributed by atoms with van der Waals surface area (Å²) in [6.45, 7) is 0. The van der Waals surface area contributed by atoms with Crippen molar-refractivity contribution < 1.29 is 4.42 Å². The van der Waals surface area contributed by atoms with Gasteiger partial charge in [-0.2, -0.15) is 0 Å². The summed E-state index contributed by atoms with van der Waals surface area (Å²) < 4.78 is 9.11. The third-order valence-electron chi connectivity index (χ3n) is 9.12. The molecule has 4 aliphatic carbocycles. The van der Waals surface area contributed by atoms with Gasteiger partial charge in [-0.3, -0.25) is 0 Å². The minimum absolute atomic E-state index is 0.312. The van der Waals surface area contributed by atoms with E-state index in [1.165, 1.54) is 82.2 Å². The fourth-order valence-corrected chi connectivity index (χ4v) is 8.39. The van der Waals surface area contributed by atoms with Gasteiger partial charge in [0.2, 0.25) is 0 Å². The molecule has 154 valence electrons. The van der Waals surface area contributed by atoms with Gasteiger partial charge in [0.05, 0.1) is 10.9 Å². The molecule has 2 aromatic heterocycles. The first kappa shape index (κ1) is 16.9. The summed E-state index contributed by atoms with van der Waals surface area (Å²) in [6, 6.07) is 20.1. The number of furan rings is 1. The van der Waals surface area contributed by atoms with E-state index in [0.717, 1.165) is 23.3 Å². The second-order valence-electron chi connectivity index (χ2n) is 10.9. The normalized spacial score (nSPS) is 29.8. The van der Waals surface area contributed by atoms with Crippen molar-refractivity contribution in [3.8, 4) is 0 Å². The van der Waals surface area contributed by atoms with Crippen molar-refractivity contribution in [2.45, 2.75) is 43.9 Å². The van der Waals surface area contributed by atoms with Crippen molar-refractivity contribution in [2.24, 2.45) is 24.8 Å². The molecule has 5 aromatic rings. The van der Waals surface area contributed by atoms with E-state index in [-0.39, 0.29) is 0 Å². The topological polar surface area (TPSA) is 18.1 Å². The summed E-state index contributed by atoms with van der Waals surface area (Å²) >= 11 is 0. The summed E-state index contributed by atoms with van der Waals surface area (Å²) in [5.74, 6) is 2.77. The lowest BCUT2D eigenvalue weighted by Crippen LogP contribution is -2.48. The number of nitrogens with zero attached hydrogens (tertiary/aromatic N) is 1. The Bertz CT molecular complexity index is 1500. The van der Waals surface area contributed by atoms with Gasteiger partial charge in [-0.05, 0) is 79.9 Å². The van der Waals surface area contributed by atoms with Crippen LogP contribution in [0.2, 0.25) is 0 Å². The fourth-order valence-electron chi connectivity index (χ4n) is 8.39. The Morgan fingerprint density at radius 1 is 0.806 bits per heavy atom. The van der Waals surface area contributed by atoms with Gasteiger partial charge in [0.1, 0.15) is 11.2 Å². The van der Waals surface area contributed by atoms with E-state index in [1.807, 2.05) is 0 Å². The van der Waals surface area contributed by atoms with Crippen LogP contribution in [0.15, 0.2) is 59.0 Å². The standard InChI is InChI=1S/C29H27NO/c1-30-24-8-4-2-6-20(24)22-13-23(29-14-17-10-18(15-29)12-19(11-17)16-29)28-26(27(22)30)21-7-3-5-9-25(21)31-28/h2-9,13,17-19H,10-12,14-16H2,1H3. The second kappa shape index (κ2) is 5.54. The molecule has 2 heteroatoms. The first-order chi connectivity index (χ1) is 15.2. The minimum atomic E-state index is 0.312. The lowest BCUT2D eigenvalue weighted by molar-refractivity contribution is -0.00480. The van der Waals surface area contributed by atoms with Crippen molar-refractivity contribution in [1.82, 2.24) is 4.57 Å². The largest absolute Gasteiger partial charge is 0.456 e. The van der Waals surface area contributed by atoms with E-state index in [0.29, 0.717) is 5.41 Å². The molecule has 4 saturated carbocycles. The predicted molar refractivity (Wildman–Crippen MR) is 128 cm³/mol. The fraction of sp³-hybridized carbons (Fsp3) is 0.379. The Morgan fingerprint density at radius 3 is 2.19 bits per heavy atom. The first-order valence-corrected chi connectivity index (χ1v) is 12.0. The number of rotatable bonds is 1. The maximum Gasteiger partial charge on any atom is 0.141 e. The highest BCUT2D eigenvalue weighted by atomic mass is 16.3. The highest BCUT2D eigenvalue weighted by Crippen LogP contribution is 2.62. The molecule has 4 bridgehead atoms. The zero-order valence-corrected chi connectivity index (χ0v) is 18.0. The van der Waals surface area contributed by atoms with Crippen molar-refractivity contribution in [3.63, 3.8) is 0 Å². The van der Waals surface area contributed by atoms with E-state index in [2.05, 4.69) is 66.2 Å². The zero-order valence-electron chi connectivity index (χ0n) is 18.0. The molecule has 9 rings (SSSR count). The molecule has 0 atom stereocenters. The summed E-state index contributed by atoms with van der Waals surface area (Å²) in [5, 5.41) is 5.37. The lowest BCUT2D eigenvalue weighted by atomic mass is 9.48. The number of aryl methyl sites for hydroxylation is 1. The molecule has 31 heavy (non-hydrogen) atoms. The molecule has 0 saturated heterocycles. The van der Waals surface area contributed by atoms with Gasteiger partial charge in [-0.15, -0.1) is 0 Å². The second-order valence-corrected chi connectivity index (χ2v) is 10.9. The van der Waals surface area contributed by atoms with Gasteiger partial charge in [-0.25, -0.2) is 0 Å². The Hall–Kier alpha value is -2.74. The zero-order chi connectivity index (χ0) is 20.3. The van der Waals surface area contributed by atoms with Crippen LogP contribution >= 0.6 is 0 Å². The van der Waals surface area contributed by atoms with E-state index < -0.39 is 0 Å². The van der Waals surface area contributed by atoms with Crippen LogP contribution < -0.4 is 0 Å². The molecule has 2 heterocycles. The Labute approximate surface area is 181 Å². The van der Waals surface area contributed by atoms with Gasteiger partial charge in [0, 0.05) is 34.3 Å². The molecule has 0 radical (unpaired) electrons. The van der Waals surface area contributed by atoms with Crippen LogP contribution in [0.1, 0.15) is 44.1 Å². The number of benzene rings is 3. The molecule has 4 aliphatic rings. The maximum atomic E-state index is 6.72. The average Bonchev–Trinajstić information content (AvgIpc) is 3.28. The summed E-state index contributed by atoms with van der Waals surface area (Å²) in [4.78, 5) is 0. The molecule has 2 nitrogen and oxygen atoms in total. The van der Waals surface area contributed by atoms with Gasteiger partial charge < -0.3 is 8.98 Å². The molecule has 0 aliphatic heterocycles. The van der Waals surface area contributed by atoms with Crippen LogP contribution in [-0.2, 0) is 12.5 Å². The number of fused-ring (bicyclic) bond motifs is 7. The summed E-state index contributed by atoms with van der Waals surface area (Å²) in [7, 11) is 2.22. The van der Waals surface area contributed by atoms with E-state index in [1.54, 1.807) is 0 Å². The predicted octanol–water partition coefficient (Wildman–Crippen LogP) is 7.70. The van der Waals surface area contributed by atoms with E-state index in [4.69, 9.17) is 4.42 Å². The van der Waals surface area contributed by atoms with Crippen LogP contribution in [0, 0.1) is 17.8 Å². The van der Waals surface area contributed by atoms with Crippen molar-refractivity contribution >= 4 is 43.7 Å². The number of para-hydroxylation sites is 2.